The highest BCUT2D eigenvalue weighted by molar-refractivity contribution is 5.65. The largest absolute Gasteiger partial charge is 0.504 e. The summed E-state index contributed by atoms with van der Waals surface area (Å²) >= 11 is 0. The molecule has 0 amide bonds. The minimum Gasteiger partial charge on any atom is -0.504 e. The summed E-state index contributed by atoms with van der Waals surface area (Å²) in [7, 11) is 3.12. The summed E-state index contributed by atoms with van der Waals surface area (Å²) in [5, 5.41) is 9.73. The Morgan fingerprint density at radius 2 is 1.14 bits per heavy atom. The van der Waals surface area contributed by atoms with Crippen LogP contribution < -0.4 is 25.1 Å². The molecule has 8 nitrogen and oxygen atoms in total. The number of benzene rings is 2. The van der Waals surface area contributed by atoms with Gasteiger partial charge in [-0.05, 0) is 82.2 Å². The van der Waals surface area contributed by atoms with Crippen molar-refractivity contribution in [2.75, 3.05) is 20.8 Å². The molecule has 0 radical (unpaired) electrons. The first kappa shape index (κ1) is 33.1. The standard InChI is InChI=1S/C20H21NO3.C16H17NO3/c1-5-6-11-24-20-14-17(7-8-19(20)23-4)9-10-21-15(2)12-18(22)13-16(21)3;1-11-8-14(18)9-12(2)17(11)7-6-13-4-5-16(20-3)15(19)10-13/h7-10,12-14H,11H2,1-4H3;4-10,19H,1-3H3/b10-9+;7-6+. The molecular formula is C36H38N2O6. The summed E-state index contributed by atoms with van der Waals surface area (Å²) in [6, 6.07) is 17.3. The molecule has 1 N–H and O–H groups in total. The molecule has 0 saturated carbocycles. The number of ether oxygens (including phenoxy) is 3. The molecule has 8 heteroatoms. The Kier molecular flexibility index (Phi) is 11.8. The van der Waals surface area contributed by atoms with E-state index in [4.69, 9.17) is 14.2 Å². The van der Waals surface area contributed by atoms with E-state index < -0.39 is 0 Å². The van der Waals surface area contributed by atoms with Crippen molar-refractivity contribution in [2.45, 2.75) is 34.6 Å². The number of phenols is 1. The van der Waals surface area contributed by atoms with Crippen molar-refractivity contribution in [3.8, 4) is 34.8 Å². The van der Waals surface area contributed by atoms with E-state index in [1.807, 2.05) is 85.6 Å². The molecule has 4 aromatic rings. The van der Waals surface area contributed by atoms with Crippen molar-refractivity contribution in [1.29, 1.82) is 0 Å². The number of aryl methyl sites for hydroxylation is 4. The van der Waals surface area contributed by atoms with E-state index in [1.165, 1.54) is 7.11 Å². The van der Waals surface area contributed by atoms with Gasteiger partial charge in [0.25, 0.3) is 0 Å². The Morgan fingerprint density at radius 1 is 0.682 bits per heavy atom. The molecule has 0 unspecified atom stereocenters. The van der Waals surface area contributed by atoms with E-state index >= 15 is 0 Å². The van der Waals surface area contributed by atoms with Gasteiger partial charge in [0, 0.05) is 59.4 Å². The van der Waals surface area contributed by atoms with Gasteiger partial charge in [0.1, 0.15) is 6.61 Å². The molecule has 4 rings (SSSR count). The first-order valence-corrected chi connectivity index (χ1v) is 13.9. The number of phenolic OH excluding ortho intramolecular Hbond substituents is 1. The van der Waals surface area contributed by atoms with Gasteiger partial charge in [-0.25, -0.2) is 0 Å². The average molecular weight is 595 g/mol. The first-order chi connectivity index (χ1) is 21.1. The number of pyridine rings is 2. The van der Waals surface area contributed by atoms with E-state index in [-0.39, 0.29) is 16.6 Å². The molecule has 0 fully saturated rings. The topological polar surface area (TPSA) is 91.9 Å². The molecule has 0 saturated heterocycles. The minimum absolute atomic E-state index is 0.00624. The van der Waals surface area contributed by atoms with Gasteiger partial charge in [0.2, 0.25) is 0 Å². The fourth-order valence-electron chi connectivity index (χ4n) is 4.44. The normalized spacial score (nSPS) is 10.6. The zero-order chi connectivity index (χ0) is 32.2. The van der Waals surface area contributed by atoms with Crippen LogP contribution in [0, 0.1) is 39.5 Å². The van der Waals surface area contributed by atoms with Crippen LogP contribution in [0.5, 0.6) is 23.0 Å². The second-order valence-corrected chi connectivity index (χ2v) is 9.88. The van der Waals surface area contributed by atoms with E-state index in [0.717, 1.165) is 33.9 Å². The van der Waals surface area contributed by atoms with Gasteiger partial charge in [0.15, 0.2) is 33.9 Å². The number of rotatable bonds is 8. The Labute approximate surface area is 258 Å². The van der Waals surface area contributed by atoms with Gasteiger partial charge in [-0.3, -0.25) is 9.59 Å². The monoisotopic (exact) mass is 594 g/mol. The maximum absolute atomic E-state index is 11.5. The second-order valence-electron chi connectivity index (χ2n) is 9.88. The minimum atomic E-state index is 0.00624. The maximum Gasteiger partial charge on any atom is 0.182 e. The quantitative estimate of drug-likeness (QED) is 0.241. The van der Waals surface area contributed by atoms with Gasteiger partial charge in [-0.15, -0.1) is 5.92 Å². The predicted molar refractivity (Wildman–Crippen MR) is 177 cm³/mol. The lowest BCUT2D eigenvalue weighted by molar-refractivity contribution is 0.331. The Balaban J connectivity index is 0.000000244. The molecule has 0 bridgehead atoms. The SMILES string of the molecule is CC#CCOc1cc(/C=C/n2c(C)cc(=O)cc2C)ccc1OC.COc1ccc(/C=C/n2c(C)cc(=O)cc2C)cc1O. The molecule has 0 atom stereocenters. The van der Waals surface area contributed by atoms with Gasteiger partial charge < -0.3 is 28.5 Å². The summed E-state index contributed by atoms with van der Waals surface area (Å²) < 4.78 is 19.8. The van der Waals surface area contributed by atoms with Crippen LogP contribution in [-0.2, 0) is 0 Å². The summed E-state index contributed by atoms with van der Waals surface area (Å²) in [5.41, 5.74) is 5.35. The first-order valence-electron chi connectivity index (χ1n) is 13.9. The number of methoxy groups -OCH3 is 2. The van der Waals surface area contributed by atoms with Crippen molar-refractivity contribution < 1.29 is 19.3 Å². The fraction of sp³-hybridized carbons (Fsp3) is 0.222. The van der Waals surface area contributed by atoms with Crippen LogP contribution in [0.25, 0.3) is 24.6 Å². The van der Waals surface area contributed by atoms with E-state index in [2.05, 4.69) is 11.8 Å². The summed E-state index contributed by atoms with van der Waals surface area (Å²) in [4.78, 5) is 22.9. The van der Waals surface area contributed by atoms with Crippen LogP contribution in [0.3, 0.4) is 0 Å². The third-order valence-electron chi connectivity index (χ3n) is 6.62. The maximum atomic E-state index is 11.5. The molecule has 2 heterocycles. The Morgan fingerprint density at radius 3 is 1.57 bits per heavy atom. The van der Waals surface area contributed by atoms with Crippen molar-refractivity contribution in [3.05, 3.63) is 115 Å². The van der Waals surface area contributed by atoms with Crippen LogP contribution in [0.1, 0.15) is 40.8 Å². The molecule has 228 valence electrons. The van der Waals surface area contributed by atoms with E-state index in [0.29, 0.717) is 23.9 Å². The van der Waals surface area contributed by atoms with Crippen molar-refractivity contribution >= 4 is 24.6 Å². The van der Waals surface area contributed by atoms with Gasteiger partial charge in [-0.2, -0.15) is 0 Å². The highest BCUT2D eigenvalue weighted by Gasteiger charge is 2.05. The lowest BCUT2D eigenvalue weighted by Gasteiger charge is -2.11. The summed E-state index contributed by atoms with van der Waals surface area (Å²) in [5.74, 6) is 7.52. The van der Waals surface area contributed by atoms with Gasteiger partial charge >= 0.3 is 0 Å². The highest BCUT2D eigenvalue weighted by atomic mass is 16.5. The molecule has 0 aliphatic heterocycles. The smallest absolute Gasteiger partial charge is 0.182 e. The Bertz CT molecular complexity index is 1800. The molecular weight excluding hydrogens is 556 g/mol. The van der Waals surface area contributed by atoms with Crippen molar-refractivity contribution in [3.63, 3.8) is 0 Å². The number of hydrogen-bond acceptors (Lipinski definition) is 6. The van der Waals surface area contributed by atoms with Crippen molar-refractivity contribution in [2.24, 2.45) is 0 Å². The molecule has 2 aromatic heterocycles. The third-order valence-corrected chi connectivity index (χ3v) is 6.62. The zero-order valence-corrected chi connectivity index (χ0v) is 26.2. The van der Waals surface area contributed by atoms with Gasteiger partial charge in [0.05, 0.1) is 14.2 Å². The molecule has 0 aliphatic carbocycles. The third kappa shape index (κ3) is 9.04. The molecule has 0 aliphatic rings. The summed E-state index contributed by atoms with van der Waals surface area (Å²) in [6.07, 6.45) is 7.62. The van der Waals surface area contributed by atoms with Crippen LogP contribution in [-0.4, -0.2) is 35.1 Å². The highest BCUT2D eigenvalue weighted by Crippen LogP contribution is 2.29. The van der Waals surface area contributed by atoms with E-state index in [1.54, 1.807) is 50.4 Å². The van der Waals surface area contributed by atoms with Crippen LogP contribution >= 0.6 is 0 Å². The predicted octanol–water partition coefficient (Wildman–Crippen LogP) is 6.31. The van der Waals surface area contributed by atoms with Crippen LogP contribution in [0.4, 0.5) is 0 Å². The number of aromatic hydroxyl groups is 1. The average Bonchev–Trinajstić information content (AvgIpc) is 2.97. The second kappa shape index (κ2) is 15.7. The molecule has 44 heavy (non-hydrogen) atoms. The zero-order valence-electron chi connectivity index (χ0n) is 26.2. The van der Waals surface area contributed by atoms with Crippen LogP contribution in [0.15, 0.2) is 70.3 Å². The Hall–Kier alpha value is -5.42. The van der Waals surface area contributed by atoms with Gasteiger partial charge in [-0.1, -0.05) is 18.1 Å². The fourth-order valence-corrected chi connectivity index (χ4v) is 4.44. The molecule has 2 aromatic carbocycles. The molecule has 0 spiro atoms. The number of nitrogens with zero attached hydrogens (tertiary/aromatic N) is 2. The van der Waals surface area contributed by atoms with Crippen molar-refractivity contribution in [1.82, 2.24) is 9.13 Å². The summed E-state index contributed by atoms with van der Waals surface area (Å²) in [6.45, 7) is 9.66. The lowest BCUT2D eigenvalue weighted by Crippen LogP contribution is -2.08. The number of aromatic nitrogens is 2. The lowest BCUT2D eigenvalue weighted by atomic mass is 10.2. The van der Waals surface area contributed by atoms with Crippen LogP contribution in [0.2, 0.25) is 0 Å². The van der Waals surface area contributed by atoms with E-state index in [9.17, 15) is 14.7 Å². The number of hydrogen-bond donors (Lipinski definition) is 1.